The van der Waals surface area contributed by atoms with Gasteiger partial charge in [-0.3, -0.25) is 9.46 Å². The molecule has 4 nitrogen and oxygen atoms in total. The van der Waals surface area contributed by atoms with Crippen molar-refractivity contribution in [3.63, 3.8) is 0 Å². The number of halogens is 2. The summed E-state index contributed by atoms with van der Waals surface area (Å²) in [6, 6.07) is -0.613. The SMILES string of the molecule is O=C1COC2C(CN(P)CC2(F)F)N1. The van der Waals surface area contributed by atoms with Gasteiger partial charge in [0.05, 0.1) is 12.6 Å². The van der Waals surface area contributed by atoms with Gasteiger partial charge in [-0.05, 0) is 0 Å². The van der Waals surface area contributed by atoms with Crippen LogP contribution in [0.25, 0.3) is 0 Å². The molecule has 2 aliphatic rings. The largest absolute Gasteiger partial charge is 0.360 e. The Labute approximate surface area is 82.2 Å². The standard InChI is InChI=1S/C7H11F2N2O2P/c8-7(9)3-11(14)1-4-6(7)13-2-5(12)10-4/h4,6H,1-3,14H2,(H,10,12). The molecule has 0 bridgehead atoms. The molecular weight excluding hydrogens is 213 g/mol. The van der Waals surface area contributed by atoms with E-state index in [1.165, 1.54) is 4.67 Å². The fourth-order valence-electron chi connectivity index (χ4n) is 1.84. The molecule has 0 aromatic carbocycles. The van der Waals surface area contributed by atoms with E-state index in [0.29, 0.717) is 6.54 Å². The summed E-state index contributed by atoms with van der Waals surface area (Å²) < 4.78 is 33.0. The number of fused-ring (bicyclic) bond motifs is 1. The second kappa shape index (κ2) is 3.36. The summed E-state index contributed by atoms with van der Waals surface area (Å²) in [4.78, 5) is 10.9. The van der Waals surface area contributed by atoms with E-state index >= 15 is 0 Å². The zero-order valence-electron chi connectivity index (χ0n) is 7.37. The average molecular weight is 224 g/mol. The molecule has 7 heteroatoms. The maximum Gasteiger partial charge on any atom is 0.288 e. The van der Waals surface area contributed by atoms with Crippen molar-refractivity contribution in [3.8, 4) is 0 Å². The van der Waals surface area contributed by atoms with Gasteiger partial charge in [-0.1, -0.05) is 9.39 Å². The van der Waals surface area contributed by atoms with Crippen molar-refractivity contribution >= 4 is 15.3 Å². The lowest BCUT2D eigenvalue weighted by Crippen LogP contribution is -2.66. The topological polar surface area (TPSA) is 41.6 Å². The summed E-state index contributed by atoms with van der Waals surface area (Å²) in [7, 11) is 2.22. The van der Waals surface area contributed by atoms with Crippen molar-refractivity contribution in [2.24, 2.45) is 0 Å². The van der Waals surface area contributed by atoms with Gasteiger partial charge < -0.3 is 10.1 Å². The van der Waals surface area contributed by atoms with Crippen LogP contribution in [-0.2, 0) is 9.53 Å². The first-order valence-electron chi connectivity index (χ1n) is 4.27. The van der Waals surface area contributed by atoms with Gasteiger partial charge >= 0.3 is 0 Å². The number of amides is 1. The molecule has 2 saturated heterocycles. The Balaban J connectivity index is 2.15. The first-order valence-corrected chi connectivity index (χ1v) is 4.79. The van der Waals surface area contributed by atoms with E-state index in [4.69, 9.17) is 4.74 Å². The second-order valence-electron chi connectivity index (χ2n) is 3.60. The average Bonchev–Trinajstić information content (AvgIpc) is 2.00. The van der Waals surface area contributed by atoms with Crippen LogP contribution in [0.1, 0.15) is 0 Å². The molecule has 0 aromatic heterocycles. The predicted octanol–water partition coefficient (Wildman–Crippen LogP) is -0.389. The summed E-state index contributed by atoms with van der Waals surface area (Å²) in [5.41, 5.74) is 0. The Bertz CT molecular complexity index is 264. The molecule has 0 saturated carbocycles. The first-order chi connectivity index (χ1) is 6.49. The van der Waals surface area contributed by atoms with Gasteiger partial charge in [0.25, 0.3) is 5.92 Å². The minimum absolute atomic E-state index is 0.270. The van der Waals surface area contributed by atoms with E-state index in [1.54, 1.807) is 0 Å². The van der Waals surface area contributed by atoms with Crippen LogP contribution in [0.5, 0.6) is 0 Å². The van der Waals surface area contributed by atoms with Gasteiger partial charge in [-0.2, -0.15) is 0 Å². The number of morpholine rings is 1. The highest BCUT2D eigenvalue weighted by Crippen LogP contribution is 2.32. The summed E-state index contributed by atoms with van der Waals surface area (Å²) in [6.45, 7) is -0.251. The van der Waals surface area contributed by atoms with E-state index < -0.39 is 18.1 Å². The minimum Gasteiger partial charge on any atom is -0.360 e. The van der Waals surface area contributed by atoms with Crippen molar-refractivity contribution < 1.29 is 18.3 Å². The van der Waals surface area contributed by atoms with E-state index in [1.807, 2.05) is 0 Å². The number of rotatable bonds is 0. The molecule has 2 aliphatic heterocycles. The highest BCUT2D eigenvalue weighted by Gasteiger charge is 2.52. The van der Waals surface area contributed by atoms with E-state index in [0.717, 1.165) is 0 Å². The Hall–Kier alpha value is -0.320. The van der Waals surface area contributed by atoms with Gasteiger partial charge in [0.1, 0.15) is 12.7 Å². The molecular formula is C7H11F2N2O2P. The number of carbonyl (C=O) groups excluding carboxylic acids is 1. The Morgan fingerprint density at radius 2 is 2.36 bits per heavy atom. The van der Waals surface area contributed by atoms with Gasteiger partial charge in [-0.25, -0.2) is 8.78 Å². The molecule has 1 amide bonds. The van der Waals surface area contributed by atoms with Crippen LogP contribution in [0.2, 0.25) is 0 Å². The zero-order chi connectivity index (χ0) is 10.3. The number of ether oxygens (including phenoxy) is 1. The molecule has 0 spiro atoms. The van der Waals surface area contributed by atoms with Crippen LogP contribution < -0.4 is 5.32 Å². The molecule has 3 atom stereocenters. The van der Waals surface area contributed by atoms with Crippen molar-refractivity contribution in [1.29, 1.82) is 0 Å². The summed E-state index contributed by atoms with van der Waals surface area (Å²) in [5, 5.41) is 2.51. The molecule has 14 heavy (non-hydrogen) atoms. The maximum absolute atomic E-state index is 13.4. The molecule has 2 fully saturated rings. The molecule has 2 heterocycles. The van der Waals surface area contributed by atoms with Crippen LogP contribution in [0.3, 0.4) is 0 Å². The molecule has 1 N–H and O–H groups in total. The zero-order valence-corrected chi connectivity index (χ0v) is 8.53. The van der Waals surface area contributed by atoms with Gasteiger partial charge in [0.15, 0.2) is 0 Å². The molecule has 0 radical (unpaired) electrons. The van der Waals surface area contributed by atoms with Crippen molar-refractivity contribution in [3.05, 3.63) is 0 Å². The summed E-state index contributed by atoms with van der Waals surface area (Å²) in [5.74, 6) is -3.24. The summed E-state index contributed by atoms with van der Waals surface area (Å²) in [6.07, 6.45) is -1.18. The third-order valence-corrected chi connectivity index (χ3v) is 2.76. The predicted molar refractivity (Wildman–Crippen MR) is 47.9 cm³/mol. The highest BCUT2D eigenvalue weighted by atomic mass is 31.0. The number of nitrogens with zero attached hydrogens (tertiary/aromatic N) is 1. The van der Waals surface area contributed by atoms with Gasteiger partial charge in [0, 0.05) is 6.54 Å². The van der Waals surface area contributed by atoms with Crippen molar-refractivity contribution in [1.82, 2.24) is 9.99 Å². The van der Waals surface area contributed by atoms with Gasteiger partial charge in [-0.15, -0.1) is 0 Å². The fraction of sp³-hybridized carbons (Fsp3) is 0.857. The second-order valence-corrected chi connectivity index (χ2v) is 4.33. The lowest BCUT2D eigenvalue weighted by molar-refractivity contribution is -0.190. The van der Waals surface area contributed by atoms with E-state index in [9.17, 15) is 13.6 Å². The Morgan fingerprint density at radius 3 is 3.07 bits per heavy atom. The Morgan fingerprint density at radius 1 is 1.64 bits per heavy atom. The number of hydrogen-bond donors (Lipinski definition) is 1. The lowest BCUT2D eigenvalue weighted by Gasteiger charge is -2.43. The van der Waals surface area contributed by atoms with E-state index in [-0.39, 0.29) is 19.1 Å². The van der Waals surface area contributed by atoms with E-state index in [2.05, 4.69) is 14.7 Å². The van der Waals surface area contributed by atoms with Crippen LogP contribution in [0.15, 0.2) is 0 Å². The van der Waals surface area contributed by atoms with Crippen LogP contribution >= 0.6 is 9.39 Å². The van der Waals surface area contributed by atoms with Crippen LogP contribution in [-0.4, -0.2) is 48.3 Å². The highest BCUT2D eigenvalue weighted by molar-refractivity contribution is 7.13. The normalized spacial score (nSPS) is 37.5. The third kappa shape index (κ3) is 1.74. The first kappa shape index (κ1) is 10.2. The number of alkyl halides is 2. The van der Waals surface area contributed by atoms with Crippen molar-refractivity contribution in [2.45, 2.75) is 18.1 Å². The number of piperidine rings is 1. The smallest absolute Gasteiger partial charge is 0.288 e. The summed E-state index contributed by atoms with van der Waals surface area (Å²) >= 11 is 0. The third-order valence-electron chi connectivity index (χ3n) is 2.37. The number of nitrogens with one attached hydrogen (secondary N) is 1. The maximum atomic E-state index is 13.4. The molecule has 0 aliphatic carbocycles. The Kier molecular flexibility index (Phi) is 2.45. The lowest BCUT2D eigenvalue weighted by atomic mass is 9.98. The monoisotopic (exact) mass is 224 g/mol. The molecule has 0 aromatic rings. The number of carbonyl (C=O) groups is 1. The quantitative estimate of drug-likeness (QED) is 0.570. The van der Waals surface area contributed by atoms with Crippen LogP contribution in [0.4, 0.5) is 8.78 Å². The number of hydrogen-bond acceptors (Lipinski definition) is 3. The minimum atomic E-state index is -2.90. The fourth-order valence-corrected chi connectivity index (χ4v) is 2.31. The van der Waals surface area contributed by atoms with Crippen molar-refractivity contribution in [2.75, 3.05) is 19.7 Å². The molecule has 2 rings (SSSR count). The molecule has 80 valence electrons. The molecule has 3 unspecified atom stereocenters. The van der Waals surface area contributed by atoms with Gasteiger partial charge in [0.2, 0.25) is 5.91 Å². The van der Waals surface area contributed by atoms with Crippen LogP contribution in [0, 0.1) is 0 Å².